The van der Waals surface area contributed by atoms with Gasteiger partial charge in [0.2, 0.25) is 5.75 Å². The van der Waals surface area contributed by atoms with Crippen LogP contribution >= 0.6 is 11.3 Å². The van der Waals surface area contributed by atoms with Gasteiger partial charge >= 0.3 is 0 Å². The van der Waals surface area contributed by atoms with Gasteiger partial charge in [-0.3, -0.25) is 14.2 Å². The van der Waals surface area contributed by atoms with E-state index in [1.807, 2.05) is 18.2 Å². The summed E-state index contributed by atoms with van der Waals surface area (Å²) in [5, 5.41) is 2.95. The van der Waals surface area contributed by atoms with Gasteiger partial charge in [-0.2, -0.15) is 0 Å². The standard InChI is InChI=1S/C32H31N3O7S/c1-18-27(30(36)34-20-10-8-7-9-11-20)28(22-13-12-21(38-2)17-23(22)39-3)35-31(37)26(43-32(35)33-18)16-19-14-24(40-4)29(42-6)25(15-19)41-5/h7-17,28H,1-6H3,(H,34,36)/b26-16-/t28-/m0/s1. The molecule has 2 heterocycles. The van der Waals surface area contributed by atoms with Crippen molar-refractivity contribution in [3.05, 3.63) is 103 Å². The maximum absolute atomic E-state index is 14.2. The molecule has 0 saturated heterocycles. The summed E-state index contributed by atoms with van der Waals surface area (Å²) in [6, 6.07) is 17.1. The van der Waals surface area contributed by atoms with Crippen LogP contribution in [0.25, 0.3) is 6.08 Å². The predicted molar refractivity (Wildman–Crippen MR) is 164 cm³/mol. The summed E-state index contributed by atoms with van der Waals surface area (Å²) in [5.74, 6) is 2.01. The fourth-order valence-corrected chi connectivity index (χ4v) is 6.05. The lowest BCUT2D eigenvalue weighted by molar-refractivity contribution is -0.113. The van der Waals surface area contributed by atoms with Crippen molar-refractivity contribution < 1.29 is 28.5 Å². The third-order valence-corrected chi connectivity index (χ3v) is 8.00. The first-order valence-electron chi connectivity index (χ1n) is 13.2. The molecule has 1 aliphatic rings. The molecule has 11 heteroatoms. The van der Waals surface area contributed by atoms with E-state index in [9.17, 15) is 9.59 Å². The third-order valence-electron chi connectivity index (χ3n) is 7.02. The van der Waals surface area contributed by atoms with Crippen LogP contribution < -0.4 is 43.9 Å². The first kappa shape index (κ1) is 29.5. The number of thiazole rings is 1. The number of carbonyl (C=O) groups is 1. The van der Waals surface area contributed by atoms with Gasteiger partial charge in [-0.25, -0.2) is 4.99 Å². The van der Waals surface area contributed by atoms with E-state index < -0.39 is 6.04 Å². The number of nitrogens with zero attached hydrogens (tertiary/aromatic N) is 2. The van der Waals surface area contributed by atoms with E-state index in [0.717, 1.165) is 0 Å². The molecule has 5 rings (SSSR count). The number of allylic oxidation sites excluding steroid dienone is 1. The van der Waals surface area contributed by atoms with Gasteiger partial charge < -0.3 is 29.0 Å². The monoisotopic (exact) mass is 601 g/mol. The normalized spacial score (nSPS) is 14.5. The quantitative estimate of drug-likeness (QED) is 0.310. The van der Waals surface area contributed by atoms with Crippen LogP contribution in [0.4, 0.5) is 5.69 Å². The van der Waals surface area contributed by atoms with Crippen LogP contribution in [0.1, 0.15) is 24.1 Å². The van der Waals surface area contributed by atoms with Crippen LogP contribution in [0.3, 0.4) is 0 Å². The minimum absolute atomic E-state index is 0.319. The highest BCUT2D eigenvalue weighted by atomic mass is 32.1. The minimum Gasteiger partial charge on any atom is -0.497 e. The Balaban J connectivity index is 1.72. The number of fused-ring (bicyclic) bond motifs is 1. The molecule has 0 unspecified atom stereocenters. The topological polar surface area (TPSA) is 110 Å². The fourth-order valence-electron chi connectivity index (χ4n) is 5.01. The first-order chi connectivity index (χ1) is 20.8. The second kappa shape index (κ2) is 12.5. The van der Waals surface area contributed by atoms with Crippen LogP contribution in [0, 0.1) is 0 Å². The van der Waals surface area contributed by atoms with Crippen molar-refractivity contribution >= 4 is 29.0 Å². The van der Waals surface area contributed by atoms with Crippen LogP contribution in [0.5, 0.6) is 28.7 Å². The van der Waals surface area contributed by atoms with E-state index in [1.165, 1.54) is 44.3 Å². The Morgan fingerprint density at radius 2 is 1.56 bits per heavy atom. The molecule has 3 aromatic carbocycles. The number of amides is 1. The Morgan fingerprint density at radius 3 is 2.16 bits per heavy atom. The number of para-hydroxylation sites is 1. The molecule has 0 bridgehead atoms. The van der Waals surface area contributed by atoms with Gasteiger partial charge in [-0.15, -0.1) is 0 Å². The predicted octanol–water partition coefficient (Wildman–Crippen LogP) is 3.92. The zero-order valence-electron chi connectivity index (χ0n) is 24.6. The molecule has 4 aromatic rings. The lowest BCUT2D eigenvalue weighted by Crippen LogP contribution is -2.40. The maximum Gasteiger partial charge on any atom is 0.271 e. The molecule has 222 valence electrons. The molecule has 10 nitrogen and oxygen atoms in total. The highest BCUT2D eigenvalue weighted by Gasteiger charge is 2.34. The molecule has 0 saturated carbocycles. The van der Waals surface area contributed by atoms with Gasteiger partial charge in [0.25, 0.3) is 11.5 Å². The van der Waals surface area contributed by atoms with Crippen LogP contribution in [-0.4, -0.2) is 46.0 Å². The summed E-state index contributed by atoms with van der Waals surface area (Å²) < 4.78 is 29.5. The number of methoxy groups -OCH3 is 5. The lowest BCUT2D eigenvalue weighted by atomic mass is 9.94. The van der Waals surface area contributed by atoms with Crippen molar-refractivity contribution in [3.8, 4) is 28.7 Å². The molecular weight excluding hydrogens is 570 g/mol. The van der Waals surface area contributed by atoms with Crippen molar-refractivity contribution in [2.75, 3.05) is 40.9 Å². The molecule has 1 aliphatic heterocycles. The van der Waals surface area contributed by atoms with Gasteiger partial charge in [0.1, 0.15) is 17.5 Å². The fraction of sp³-hybridized carbons (Fsp3) is 0.219. The Morgan fingerprint density at radius 1 is 0.884 bits per heavy atom. The van der Waals surface area contributed by atoms with E-state index in [1.54, 1.807) is 62.6 Å². The zero-order valence-corrected chi connectivity index (χ0v) is 25.4. The Labute approximate surface area is 252 Å². The number of carbonyl (C=O) groups excluding carboxylic acids is 1. The maximum atomic E-state index is 14.2. The van der Waals surface area contributed by atoms with Crippen LogP contribution in [0.15, 0.2) is 81.7 Å². The molecule has 1 amide bonds. The van der Waals surface area contributed by atoms with Crippen LogP contribution in [-0.2, 0) is 4.79 Å². The molecule has 0 radical (unpaired) electrons. The summed E-state index contributed by atoms with van der Waals surface area (Å²) in [5.41, 5.74) is 2.37. The number of hydrogen-bond donors (Lipinski definition) is 1. The van der Waals surface area contributed by atoms with Gasteiger partial charge in [-0.05, 0) is 55.0 Å². The zero-order chi connectivity index (χ0) is 30.7. The molecular formula is C32H31N3O7S. The smallest absolute Gasteiger partial charge is 0.271 e. The summed E-state index contributed by atoms with van der Waals surface area (Å²) in [7, 11) is 7.68. The van der Waals surface area contributed by atoms with Crippen molar-refractivity contribution in [1.82, 2.24) is 4.57 Å². The van der Waals surface area contributed by atoms with Gasteiger partial charge in [0.15, 0.2) is 16.3 Å². The van der Waals surface area contributed by atoms with Crippen molar-refractivity contribution in [2.24, 2.45) is 4.99 Å². The van der Waals surface area contributed by atoms with E-state index in [2.05, 4.69) is 5.32 Å². The summed E-state index contributed by atoms with van der Waals surface area (Å²) in [6.45, 7) is 1.76. The van der Waals surface area contributed by atoms with Crippen molar-refractivity contribution in [1.29, 1.82) is 0 Å². The molecule has 1 atom stereocenters. The Kier molecular flexibility index (Phi) is 8.53. The number of nitrogens with one attached hydrogen (secondary N) is 1. The average Bonchev–Trinajstić information content (AvgIpc) is 3.33. The average molecular weight is 602 g/mol. The van der Waals surface area contributed by atoms with E-state index >= 15 is 0 Å². The van der Waals surface area contributed by atoms with Gasteiger partial charge in [0, 0.05) is 17.3 Å². The number of aromatic nitrogens is 1. The Bertz CT molecular complexity index is 1870. The number of ether oxygens (including phenoxy) is 5. The Hall–Kier alpha value is -5.03. The molecule has 1 N–H and O–H groups in total. The van der Waals surface area contributed by atoms with E-state index in [0.29, 0.717) is 66.2 Å². The molecule has 0 spiro atoms. The second-order valence-corrected chi connectivity index (χ2v) is 10.5. The van der Waals surface area contributed by atoms with E-state index in [4.69, 9.17) is 28.7 Å². The summed E-state index contributed by atoms with van der Waals surface area (Å²) in [6.07, 6.45) is 1.74. The first-order valence-corrected chi connectivity index (χ1v) is 14.1. The minimum atomic E-state index is -0.831. The summed E-state index contributed by atoms with van der Waals surface area (Å²) >= 11 is 1.22. The molecule has 43 heavy (non-hydrogen) atoms. The van der Waals surface area contributed by atoms with Gasteiger partial charge in [0.05, 0.1) is 51.4 Å². The molecule has 0 aliphatic carbocycles. The largest absolute Gasteiger partial charge is 0.497 e. The van der Waals surface area contributed by atoms with Gasteiger partial charge in [-0.1, -0.05) is 29.5 Å². The molecule has 1 aromatic heterocycles. The number of rotatable bonds is 9. The summed E-state index contributed by atoms with van der Waals surface area (Å²) in [4.78, 5) is 33.2. The van der Waals surface area contributed by atoms with Crippen molar-refractivity contribution in [2.45, 2.75) is 13.0 Å². The SMILES string of the molecule is COc1ccc([C@H]2C(C(=O)Nc3ccccc3)=C(C)N=c3s/c(=C\c4cc(OC)c(OC)c(OC)c4)c(=O)n32)c(OC)c1. The number of benzene rings is 3. The molecule has 0 fully saturated rings. The number of anilines is 1. The van der Waals surface area contributed by atoms with Crippen LogP contribution in [0.2, 0.25) is 0 Å². The highest BCUT2D eigenvalue weighted by Crippen LogP contribution is 2.39. The number of hydrogen-bond acceptors (Lipinski definition) is 9. The van der Waals surface area contributed by atoms with E-state index in [-0.39, 0.29) is 11.5 Å². The van der Waals surface area contributed by atoms with Crippen molar-refractivity contribution in [3.63, 3.8) is 0 Å². The second-order valence-electron chi connectivity index (χ2n) is 9.47. The highest BCUT2D eigenvalue weighted by molar-refractivity contribution is 7.07. The lowest BCUT2D eigenvalue weighted by Gasteiger charge is -2.26. The third kappa shape index (κ3) is 5.59.